The fourth-order valence-electron chi connectivity index (χ4n) is 5.55. The Hall–Kier alpha value is -4.99. The van der Waals surface area contributed by atoms with Crippen molar-refractivity contribution in [3.63, 3.8) is 0 Å². The summed E-state index contributed by atoms with van der Waals surface area (Å²) in [6.07, 6.45) is -0.945. The molecule has 2 aromatic heterocycles. The van der Waals surface area contributed by atoms with E-state index in [1.54, 1.807) is 11.5 Å². The smallest absolute Gasteiger partial charge is 0.336 e. The van der Waals surface area contributed by atoms with Crippen LogP contribution in [0.25, 0.3) is 11.2 Å². The van der Waals surface area contributed by atoms with Crippen molar-refractivity contribution in [2.45, 2.75) is 51.2 Å². The average Bonchev–Trinajstić information content (AvgIpc) is 3.73. The van der Waals surface area contributed by atoms with Crippen LogP contribution in [-0.2, 0) is 25.5 Å². The van der Waals surface area contributed by atoms with Crippen molar-refractivity contribution in [3.8, 4) is 0 Å². The zero-order valence-corrected chi connectivity index (χ0v) is 24.3. The number of nitrogens with zero attached hydrogens (tertiary/aromatic N) is 5. The number of carboxylic acid groups (broad SMARTS) is 1. The Kier molecular flexibility index (Phi) is 8.38. The number of imidazole rings is 1. The zero-order chi connectivity index (χ0) is 31.7. The second-order valence-corrected chi connectivity index (χ2v) is 10.5. The number of carbonyl (C=O) groups excluding carboxylic acids is 2. The minimum atomic E-state index is -1.31. The Balaban J connectivity index is 1.33. The van der Waals surface area contributed by atoms with Crippen LogP contribution in [0.4, 0.5) is 15.0 Å². The number of ether oxygens (including phenoxy) is 3. The van der Waals surface area contributed by atoms with Gasteiger partial charge in [-0.25, -0.2) is 28.9 Å². The highest BCUT2D eigenvalue weighted by molar-refractivity contribution is 5.95. The quantitative estimate of drug-likeness (QED) is 0.253. The molecule has 234 valence electrons. The van der Waals surface area contributed by atoms with Crippen LogP contribution in [0.2, 0.25) is 0 Å². The van der Waals surface area contributed by atoms with Crippen molar-refractivity contribution in [3.05, 3.63) is 83.7 Å². The molecule has 2 saturated heterocycles. The van der Waals surface area contributed by atoms with E-state index in [0.29, 0.717) is 17.7 Å². The predicted octanol–water partition coefficient (Wildman–Crippen LogP) is 3.23. The summed E-state index contributed by atoms with van der Waals surface area (Å²) in [4.78, 5) is 51.1. The number of aromatic nitrogens is 4. The molecule has 0 aliphatic carbocycles. The van der Waals surface area contributed by atoms with Gasteiger partial charge in [-0.2, -0.15) is 0 Å². The van der Waals surface area contributed by atoms with E-state index in [1.807, 2.05) is 30.3 Å². The Morgan fingerprint density at radius 2 is 1.80 bits per heavy atom. The SMILES string of the molecule is CCNC(=O)Nc1ncnc2c1ncn2C1OC(CN(Cc2c(F)cccc2C(=O)O)C(C)=O)C2O[C@H](c3ccccc3)OC21. The summed E-state index contributed by atoms with van der Waals surface area (Å²) in [6.45, 7) is 3.16. The van der Waals surface area contributed by atoms with Crippen molar-refractivity contribution in [1.29, 1.82) is 0 Å². The summed E-state index contributed by atoms with van der Waals surface area (Å²) in [5.41, 5.74) is 1.08. The molecule has 6 rings (SSSR count). The summed E-state index contributed by atoms with van der Waals surface area (Å²) in [5, 5.41) is 14.9. The van der Waals surface area contributed by atoms with Crippen molar-refractivity contribution >= 4 is 34.9 Å². The van der Waals surface area contributed by atoms with E-state index >= 15 is 0 Å². The lowest BCUT2D eigenvalue weighted by Gasteiger charge is -2.28. The topological polar surface area (TPSA) is 170 Å². The number of nitrogens with one attached hydrogen (secondary N) is 2. The van der Waals surface area contributed by atoms with Gasteiger partial charge in [-0.05, 0) is 19.1 Å². The Morgan fingerprint density at radius 3 is 2.53 bits per heavy atom. The van der Waals surface area contributed by atoms with Gasteiger partial charge in [0.15, 0.2) is 29.5 Å². The van der Waals surface area contributed by atoms with Gasteiger partial charge in [-0.1, -0.05) is 36.4 Å². The fourth-order valence-corrected chi connectivity index (χ4v) is 5.55. The molecule has 4 aromatic rings. The number of aromatic carboxylic acids is 1. The number of carboxylic acids is 1. The first kappa shape index (κ1) is 30.1. The molecule has 4 heterocycles. The first-order valence-corrected chi connectivity index (χ1v) is 14.2. The van der Waals surface area contributed by atoms with Gasteiger partial charge in [0, 0.05) is 37.7 Å². The van der Waals surface area contributed by atoms with Crippen molar-refractivity contribution < 1.29 is 38.1 Å². The number of urea groups is 1. The highest BCUT2D eigenvalue weighted by atomic mass is 19.1. The van der Waals surface area contributed by atoms with Crippen LogP contribution in [0.3, 0.4) is 0 Å². The second kappa shape index (κ2) is 12.6. The van der Waals surface area contributed by atoms with E-state index < -0.39 is 54.6 Å². The number of benzene rings is 2. The van der Waals surface area contributed by atoms with E-state index in [2.05, 4.69) is 25.6 Å². The zero-order valence-electron chi connectivity index (χ0n) is 24.3. The van der Waals surface area contributed by atoms with Gasteiger partial charge in [0.05, 0.1) is 11.9 Å². The molecule has 0 saturated carbocycles. The highest BCUT2D eigenvalue weighted by Crippen LogP contribution is 2.45. The van der Waals surface area contributed by atoms with E-state index in [4.69, 9.17) is 14.2 Å². The van der Waals surface area contributed by atoms with E-state index in [0.717, 1.165) is 11.6 Å². The van der Waals surface area contributed by atoms with E-state index in [1.165, 1.54) is 36.6 Å². The van der Waals surface area contributed by atoms with Crippen LogP contribution in [0.15, 0.2) is 61.2 Å². The number of amides is 3. The number of carbonyl (C=O) groups is 3. The molecule has 45 heavy (non-hydrogen) atoms. The molecule has 2 aliphatic heterocycles. The lowest BCUT2D eigenvalue weighted by Crippen LogP contribution is -2.41. The maximum Gasteiger partial charge on any atom is 0.336 e. The van der Waals surface area contributed by atoms with E-state index in [9.17, 15) is 23.9 Å². The van der Waals surface area contributed by atoms with Crippen LogP contribution >= 0.6 is 0 Å². The molecule has 15 heteroatoms. The molecule has 0 bridgehead atoms. The number of anilines is 1. The molecule has 4 unspecified atom stereocenters. The monoisotopic (exact) mass is 619 g/mol. The van der Waals surface area contributed by atoms with Crippen LogP contribution in [0.1, 0.15) is 47.9 Å². The van der Waals surface area contributed by atoms with Gasteiger partial charge >= 0.3 is 12.0 Å². The van der Waals surface area contributed by atoms with E-state index in [-0.39, 0.29) is 30.0 Å². The van der Waals surface area contributed by atoms with Gasteiger partial charge in [0.2, 0.25) is 5.91 Å². The molecular formula is C30H30FN7O7. The molecule has 0 spiro atoms. The lowest BCUT2D eigenvalue weighted by atomic mass is 10.1. The van der Waals surface area contributed by atoms with Crippen molar-refractivity contribution in [2.24, 2.45) is 0 Å². The summed E-state index contributed by atoms with van der Waals surface area (Å²) in [7, 11) is 0. The molecule has 14 nitrogen and oxygen atoms in total. The summed E-state index contributed by atoms with van der Waals surface area (Å²) < 4.78 is 35.7. The van der Waals surface area contributed by atoms with Crippen LogP contribution in [0.5, 0.6) is 0 Å². The third-order valence-corrected chi connectivity index (χ3v) is 7.66. The molecule has 5 atom stereocenters. The maximum atomic E-state index is 14.8. The minimum Gasteiger partial charge on any atom is -0.478 e. The standard InChI is InChI=1S/C30H30FN7O7/c1-3-32-30(42)36-25-22-26(34-14-33-25)38(15-35-22)27-24-23(44-29(45-24)17-8-5-4-6-9-17)21(43-27)13-37(16(2)39)12-19-18(28(40)41)10-7-11-20(19)31/h4-11,14-15,21,23-24,27,29H,3,12-13H2,1-2H3,(H,40,41)(H2,32,33,34,36,42)/t21?,23?,24?,27?,29-/m0/s1. The van der Waals surface area contributed by atoms with Gasteiger partial charge in [0.25, 0.3) is 0 Å². The number of hydrogen-bond donors (Lipinski definition) is 3. The second-order valence-electron chi connectivity index (χ2n) is 10.5. The Morgan fingerprint density at radius 1 is 1.02 bits per heavy atom. The summed E-state index contributed by atoms with van der Waals surface area (Å²) in [5.74, 6) is -2.27. The number of rotatable bonds is 9. The number of fused-ring (bicyclic) bond motifs is 2. The van der Waals surface area contributed by atoms with Gasteiger partial charge < -0.3 is 29.5 Å². The number of halogens is 1. The van der Waals surface area contributed by atoms with Crippen molar-refractivity contribution in [1.82, 2.24) is 29.7 Å². The van der Waals surface area contributed by atoms with Crippen LogP contribution < -0.4 is 10.6 Å². The fraction of sp³-hybridized carbons (Fsp3) is 0.333. The first-order chi connectivity index (χ1) is 21.7. The van der Waals surface area contributed by atoms with Crippen LogP contribution in [0, 0.1) is 5.82 Å². The molecule has 2 fully saturated rings. The number of hydrogen-bond acceptors (Lipinski definition) is 9. The molecule has 2 aromatic carbocycles. The van der Waals surface area contributed by atoms with Crippen LogP contribution in [-0.4, -0.2) is 78.8 Å². The Labute approximate surface area is 256 Å². The predicted molar refractivity (Wildman–Crippen MR) is 155 cm³/mol. The summed E-state index contributed by atoms with van der Waals surface area (Å²) in [6, 6.07) is 12.6. The molecule has 2 aliphatic rings. The lowest BCUT2D eigenvalue weighted by molar-refractivity contribution is -0.154. The molecular weight excluding hydrogens is 589 g/mol. The Bertz CT molecular complexity index is 1740. The van der Waals surface area contributed by atoms with Gasteiger partial charge in [-0.3, -0.25) is 14.7 Å². The molecule has 0 radical (unpaired) electrons. The first-order valence-electron chi connectivity index (χ1n) is 14.2. The van der Waals surface area contributed by atoms with Gasteiger partial charge in [-0.15, -0.1) is 0 Å². The van der Waals surface area contributed by atoms with Crippen molar-refractivity contribution in [2.75, 3.05) is 18.4 Å². The third kappa shape index (κ3) is 5.92. The van der Waals surface area contributed by atoms with Gasteiger partial charge in [0.1, 0.15) is 30.5 Å². The molecule has 3 N–H and O–H groups in total. The third-order valence-electron chi connectivity index (χ3n) is 7.66. The molecule has 3 amide bonds. The summed E-state index contributed by atoms with van der Waals surface area (Å²) >= 11 is 0. The highest BCUT2D eigenvalue weighted by Gasteiger charge is 2.54. The maximum absolute atomic E-state index is 14.8. The minimum absolute atomic E-state index is 0.0587. The largest absolute Gasteiger partial charge is 0.478 e. The normalized spacial score (nSPS) is 22.2. The average molecular weight is 620 g/mol.